The predicted octanol–water partition coefficient (Wildman–Crippen LogP) is 3.04. The molecule has 5 heterocycles. The number of amides is 1. The summed E-state index contributed by atoms with van der Waals surface area (Å²) >= 11 is 0. The lowest BCUT2D eigenvalue weighted by Gasteiger charge is -2.36. The molecule has 0 aliphatic carbocycles. The van der Waals surface area contributed by atoms with E-state index in [1.807, 2.05) is 48.2 Å². The maximum atomic E-state index is 13.0. The number of aryl methyl sites for hydroxylation is 2. The lowest BCUT2D eigenvalue weighted by molar-refractivity contribution is -0.134. The van der Waals surface area contributed by atoms with E-state index in [1.165, 1.54) is 16.8 Å². The van der Waals surface area contributed by atoms with E-state index in [-0.39, 0.29) is 11.9 Å². The Morgan fingerprint density at radius 1 is 1.26 bits per heavy atom. The molecule has 0 aromatic carbocycles. The maximum absolute atomic E-state index is 13.0. The fraction of sp³-hybridized carbons (Fsp3) is 0.429. The molecular formula is C21H23N5O. The molecule has 0 spiro atoms. The van der Waals surface area contributed by atoms with Gasteiger partial charge >= 0.3 is 0 Å². The third kappa shape index (κ3) is 2.80. The van der Waals surface area contributed by atoms with Gasteiger partial charge in [0.05, 0.1) is 17.4 Å². The zero-order chi connectivity index (χ0) is 18.4. The van der Waals surface area contributed by atoms with Crippen LogP contribution in [-0.4, -0.2) is 36.4 Å². The molecule has 0 N–H and O–H groups in total. The molecule has 0 saturated carbocycles. The summed E-state index contributed by atoms with van der Waals surface area (Å²) in [5, 5.41) is 4.62. The quantitative estimate of drug-likeness (QED) is 0.716. The number of rotatable bonds is 4. The van der Waals surface area contributed by atoms with Crippen LogP contribution in [-0.2, 0) is 17.6 Å². The summed E-state index contributed by atoms with van der Waals surface area (Å²) in [5.41, 5.74) is 5.55. The van der Waals surface area contributed by atoms with Crippen molar-refractivity contribution in [2.45, 2.75) is 57.5 Å². The summed E-state index contributed by atoms with van der Waals surface area (Å²) < 4.78 is 1.99. The third-order valence-electron chi connectivity index (χ3n) is 5.92. The first-order valence-corrected chi connectivity index (χ1v) is 9.75. The molecule has 3 aromatic heterocycles. The van der Waals surface area contributed by atoms with Crippen LogP contribution in [0.4, 0.5) is 0 Å². The van der Waals surface area contributed by atoms with Crippen LogP contribution in [0.5, 0.6) is 0 Å². The molecule has 2 bridgehead atoms. The molecule has 6 nitrogen and oxygen atoms in total. The topological polar surface area (TPSA) is 63.4 Å². The zero-order valence-corrected chi connectivity index (χ0v) is 15.5. The Balaban J connectivity index is 1.34. The molecule has 0 radical (unpaired) electrons. The molecule has 6 heteroatoms. The molecular weight excluding hydrogens is 338 g/mol. The van der Waals surface area contributed by atoms with Gasteiger partial charge in [-0.05, 0) is 50.3 Å². The molecule has 27 heavy (non-hydrogen) atoms. The van der Waals surface area contributed by atoms with Crippen molar-refractivity contribution >= 4 is 11.6 Å². The molecule has 2 aliphatic rings. The Hall–Kier alpha value is -2.76. The highest BCUT2D eigenvalue weighted by Gasteiger charge is 2.43. The van der Waals surface area contributed by atoms with Crippen LogP contribution in [0.2, 0.25) is 0 Å². The van der Waals surface area contributed by atoms with E-state index in [0.29, 0.717) is 12.5 Å². The molecule has 1 amide bonds. The van der Waals surface area contributed by atoms with Gasteiger partial charge in [-0.25, -0.2) is 9.50 Å². The summed E-state index contributed by atoms with van der Waals surface area (Å²) in [4.78, 5) is 23.8. The molecule has 2 atom stereocenters. The summed E-state index contributed by atoms with van der Waals surface area (Å²) in [6, 6.07) is 6.51. The van der Waals surface area contributed by atoms with Crippen molar-refractivity contribution in [3.8, 4) is 0 Å². The standard InChI is InChI=1S/C21H23N5O/c1-14-11-20-23-13-17-18-6-5-16(12-19(17)26(20)24-14)25(18)21(27)4-2-3-15-7-9-22-10-8-15/h7-11,13,16,18H,2-6,12H2,1H3/t16-,18-/m1/s1. The number of hydrogen-bond acceptors (Lipinski definition) is 4. The van der Waals surface area contributed by atoms with Gasteiger partial charge in [-0.2, -0.15) is 5.10 Å². The van der Waals surface area contributed by atoms with Crippen LogP contribution in [0.3, 0.4) is 0 Å². The predicted molar refractivity (Wildman–Crippen MR) is 101 cm³/mol. The van der Waals surface area contributed by atoms with E-state index < -0.39 is 0 Å². The second-order valence-electron chi connectivity index (χ2n) is 7.68. The molecule has 5 rings (SSSR count). The second kappa shape index (κ2) is 6.44. The van der Waals surface area contributed by atoms with Gasteiger partial charge < -0.3 is 4.90 Å². The Morgan fingerprint density at radius 2 is 2.11 bits per heavy atom. The summed E-state index contributed by atoms with van der Waals surface area (Å²) in [7, 11) is 0. The number of aromatic nitrogens is 4. The minimum absolute atomic E-state index is 0.161. The van der Waals surface area contributed by atoms with Crippen LogP contribution in [0, 0.1) is 6.92 Å². The highest BCUT2D eigenvalue weighted by atomic mass is 16.2. The monoisotopic (exact) mass is 361 g/mol. The first kappa shape index (κ1) is 16.4. The van der Waals surface area contributed by atoms with Gasteiger partial charge in [0, 0.05) is 49.1 Å². The van der Waals surface area contributed by atoms with E-state index in [0.717, 1.165) is 43.4 Å². The number of pyridine rings is 1. The van der Waals surface area contributed by atoms with Crippen LogP contribution < -0.4 is 0 Å². The van der Waals surface area contributed by atoms with Crippen LogP contribution >= 0.6 is 0 Å². The third-order valence-corrected chi connectivity index (χ3v) is 5.92. The van der Waals surface area contributed by atoms with Gasteiger partial charge in [0.1, 0.15) is 0 Å². The number of fused-ring (bicyclic) bond motifs is 6. The van der Waals surface area contributed by atoms with E-state index in [9.17, 15) is 4.79 Å². The Morgan fingerprint density at radius 3 is 2.96 bits per heavy atom. The largest absolute Gasteiger partial charge is 0.332 e. The number of nitrogens with zero attached hydrogens (tertiary/aromatic N) is 5. The van der Waals surface area contributed by atoms with Crippen molar-refractivity contribution in [2.24, 2.45) is 0 Å². The first-order valence-electron chi connectivity index (χ1n) is 9.75. The van der Waals surface area contributed by atoms with E-state index in [4.69, 9.17) is 0 Å². The van der Waals surface area contributed by atoms with Crippen molar-refractivity contribution < 1.29 is 4.79 Å². The molecule has 0 unspecified atom stereocenters. The number of carbonyl (C=O) groups excluding carboxylic acids is 1. The molecule has 1 saturated heterocycles. The highest BCUT2D eigenvalue weighted by molar-refractivity contribution is 5.78. The van der Waals surface area contributed by atoms with Gasteiger partial charge in [-0.3, -0.25) is 9.78 Å². The number of hydrogen-bond donors (Lipinski definition) is 0. The average molecular weight is 361 g/mol. The van der Waals surface area contributed by atoms with Gasteiger partial charge in [0.25, 0.3) is 0 Å². The zero-order valence-electron chi connectivity index (χ0n) is 15.5. The maximum Gasteiger partial charge on any atom is 0.223 e. The second-order valence-corrected chi connectivity index (χ2v) is 7.68. The molecule has 1 fully saturated rings. The van der Waals surface area contributed by atoms with Crippen molar-refractivity contribution in [1.29, 1.82) is 0 Å². The molecule has 3 aromatic rings. The Kier molecular flexibility index (Phi) is 3.92. The Labute approximate surface area is 158 Å². The summed E-state index contributed by atoms with van der Waals surface area (Å²) in [6.07, 6.45) is 11.0. The normalized spacial score (nSPS) is 20.9. The minimum atomic E-state index is 0.161. The fourth-order valence-corrected chi connectivity index (χ4v) is 4.70. The summed E-state index contributed by atoms with van der Waals surface area (Å²) in [5.74, 6) is 0.277. The summed E-state index contributed by atoms with van der Waals surface area (Å²) in [6.45, 7) is 2.00. The Bertz CT molecular complexity index is 996. The lowest BCUT2D eigenvalue weighted by atomic mass is 9.98. The van der Waals surface area contributed by atoms with Crippen LogP contribution in [0.1, 0.15) is 54.2 Å². The van der Waals surface area contributed by atoms with Gasteiger partial charge in [0.2, 0.25) is 5.91 Å². The van der Waals surface area contributed by atoms with Crippen molar-refractivity contribution in [3.63, 3.8) is 0 Å². The van der Waals surface area contributed by atoms with Crippen molar-refractivity contribution in [1.82, 2.24) is 24.5 Å². The fourth-order valence-electron chi connectivity index (χ4n) is 4.70. The van der Waals surface area contributed by atoms with Gasteiger partial charge in [-0.1, -0.05) is 0 Å². The van der Waals surface area contributed by atoms with Gasteiger partial charge in [0.15, 0.2) is 5.65 Å². The highest BCUT2D eigenvalue weighted by Crippen LogP contribution is 2.43. The van der Waals surface area contributed by atoms with Crippen molar-refractivity contribution in [2.75, 3.05) is 0 Å². The van der Waals surface area contributed by atoms with Crippen LogP contribution in [0.25, 0.3) is 5.65 Å². The SMILES string of the molecule is Cc1cc2ncc3c(n2n1)C[C@H]1CC[C@H]3N1C(=O)CCCc1ccncc1. The van der Waals surface area contributed by atoms with E-state index in [2.05, 4.69) is 20.0 Å². The van der Waals surface area contributed by atoms with Crippen molar-refractivity contribution in [3.05, 3.63) is 59.3 Å². The minimum Gasteiger partial charge on any atom is -0.332 e. The van der Waals surface area contributed by atoms with E-state index in [1.54, 1.807) is 0 Å². The molecule has 138 valence electrons. The van der Waals surface area contributed by atoms with Crippen LogP contribution in [0.15, 0.2) is 36.8 Å². The lowest BCUT2D eigenvalue weighted by Crippen LogP contribution is -2.42. The van der Waals surface area contributed by atoms with E-state index >= 15 is 0 Å². The number of carbonyl (C=O) groups is 1. The average Bonchev–Trinajstić information content (AvgIpc) is 3.21. The van der Waals surface area contributed by atoms with Gasteiger partial charge in [-0.15, -0.1) is 0 Å². The first-order chi connectivity index (χ1) is 13.2. The smallest absolute Gasteiger partial charge is 0.223 e. The molecule has 2 aliphatic heterocycles.